The van der Waals surface area contributed by atoms with Crippen LogP contribution >= 0.6 is 0 Å². The van der Waals surface area contributed by atoms with E-state index in [0.717, 1.165) is 11.3 Å². The number of carboxylic acid groups (broad SMARTS) is 1. The largest absolute Gasteiger partial charge is 0.493 e. The first-order valence-corrected chi connectivity index (χ1v) is 5.24. The maximum Gasteiger partial charge on any atom is 0.332 e. The number of benzene rings is 1. The van der Waals surface area contributed by atoms with Crippen LogP contribution < -0.4 is 4.74 Å². The standard InChI is InChI=1S/C12H14O4/c1-8(12(13)14)15-6-9-7-16-11-5-3-2-4-10(9)11/h2-5,8-9H,6-7H2,1H3,(H,13,14). The molecule has 16 heavy (non-hydrogen) atoms. The van der Waals surface area contributed by atoms with Crippen molar-refractivity contribution in [3.05, 3.63) is 29.8 Å². The summed E-state index contributed by atoms with van der Waals surface area (Å²) in [7, 11) is 0. The van der Waals surface area contributed by atoms with Crippen LogP contribution in [0.2, 0.25) is 0 Å². The van der Waals surface area contributed by atoms with Gasteiger partial charge in [-0.25, -0.2) is 4.79 Å². The van der Waals surface area contributed by atoms with Crippen LogP contribution in [0.25, 0.3) is 0 Å². The Bertz CT molecular complexity index is 388. The quantitative estimate of drug-likeness (QED) is 0.841. The number of fused-ring (bicyclic) bond motifs is 1. The monoisotopic (exact) mass is 222 g/mol. The van der Waals surface area contributed by atoms with Gasteiger partial charge in [0.05, 0.1) is 13.2 Å². The predicted molar refractivity (Wildman–Crippen MR) is 57.7 cm³/mol. The average molecular weight is 222 g/mol. The Hall–Kier alpha value is -1.55. The van der Waals surface area contributed by atoms with Gasteiger partial charge < -0.3 is 14.6 Å². The lowest BCUT2D eigenvalue weighted by atomic mass is 10.0. The van der Waals surface area contributed by atoms with Gasteiger partial charge in [-0.3, -0.25) is 0 Å². The molecule has 0 fully saturated rings. The molecule has 1 aromatic rings. The number of hydrogen-bond acceptors (Lipinski definition) is 3. The Morgan fingerprint density at radius 3 is 3.12 bits per heavy atom. The highest BCUT2D eigenvalue weighted by Crippen LogP contribution is 2.33. The summed E-state index contributed by atoms with van der Waals surface area (Å²) in [5.41, 5.74) is 1.10. The second kappa shape index (κ2) is 4.53. The van der Waals surface area contributed by atoms with E-state index in [-0.39, 0.29) is 5.92 Å². The van der Waals surface area contributed by atoms with Gasteiger partial charge in [-0.15, -0.1) is 0 Å². The molecule has 1 N–H and O–H groups in total. The molecule has 0 saturated heterocycles. The van der Waals surface area contributed by atoms with Crippen molar-refractivity contribution < 1.29 is 19.4 Å². The highest BCUT2D eigenvalue weighted by molar-refractivity contribution is 5.71. The fraction of sp³-hybridized carbons (Fsp3) is 0.417. The fourth-order valence-corrected chi connectivity index (χ4v) is 1.70. The Balaban J connectivity index is 1.96. The van der Waals surface area contributed by atoms with Crippen molar-refractivity contribution in [3.8, 4) is 5.75 Å². The molecule has 2 rings (SSSR count). The molecular formula is C12H14O4. The minimum absolute atomic E-state index is 0.137. The van der Waals surface area contributed by atoms with Crippen LogP contribution in [0.1, 0.15) is 18.4 Å². The van der Waals surface area contributed by atoms with Crippen LogP contribution in [-0.2, 0) is 9.53 Å². The summed E-state index contributed by atoms with van der Waals surface area (Å²) in [6, 6.07) is 7.76. The normalized spacial score (nSPS) is 19.9. The molecule has 1 aliphatic rings. The van der Waals surface area contributed by atoms with Gasteiger partial charge in [-0.05, 0) is 13.0 Å². The Kier molecular flexibility index (Phi) is 3.10. The molecule has 4 heteroatoms. The third-order valence-electron chi connectivity index (χ3n) is 2.69. The highest BCUT2D eigenvalue weighted by atomic mass is 16.5. The lowest BCUT2D eigenvalue weighted by Gasteiger charge is -2.12. The smallest absolute Gasteiger partial charge is 0.332 e. The van der Waals surface area contributed by atoms with E-state index in [1.165, 1.54) is 6.92 Å². The lowest BCUT2D eigenvalue weighted by Crippen LogP contribution is -2.23. The summed E-state index contributed by atoms with van der Waals surface area (Å²) in [5, 5.41) is 8.69. The second-order valence-electron chi connectivity index (χ2n) is 3.86. The van der Waals surface area contributed by atoms with Gasteiger partial charge in [-0.1, -0.05) is 18.2 Å². The highest BCUT2D eigenvalue weighted by Gasteiger charge is 2.25. The van der Waals surface area contributed by atoms with Gasteiger partial charge in [0.25, 0.3) is 0 Å². The van der Waals surface area contributed by atoms with Gasteiger partial charge >= 0.3 is 5.97 Å². The maximum atomic E-state index is 10.6. The Morgan fingerprint density at radius 2 is 2.38 bits per heavy atom. The minimum atomic E-state index is -0.938. The maximum absolute atomic E-state index is 10.6. The first-order chi connectivity index (χ1) is 7.68. The summed E-state index contributed by atoms with van der Waals surface area (Å²) < 4.78 is 10.7. The summed E-state index contributed by atoms with van der Waals surface area (Å²) in [6.45, 7) is 2.47. The SMILES string of the molecule is CC(OCC1COc2ccccc21)C(=O)O. The van der Waals surface area contributed by atoms with Crippen LogP contribution in [0.15, 0.2) is 24.3 Å². The third-order valence-corrected chi connectivity index (χ3v) is 2.69. The number of carboxylic acids is 1. The van der Waals surface area contributed by atoms with Crippen molar-refractivity contribution in [2.45, 2.75) is 18.9 Å². The van der Waals surface area contributed by atoms with Gasteiger partial charge in [0.1, 0.15) is 5.75 Å². The molecular weight excluding hydrogens is 208 g/mol. The molecule has 1 aliphatic heterocycles. The molecule has 4 nitrogen and oxygen atoms in total. The molecule has 2 atom stereocenters. The molecule has 86 valence electrons. The van der Waals surface area contributed by atoms with Crippen molar-refractivity contribution >= 4 is 5.97 Å². The van der Waals surface area contributed by atoms with Gasteiger partial charge in [0, 0.05) is 11.5 Å². The van der Waals surface area contributed by atoms with E-state index in [9.17, 15) is 4.79 Å². The van der Waals surface area contributed by atoms with E-state index >= 15 is 0 Å². The summed E-state index contributed by atoms with van der Waals surface area (Å²) in [4.78, 5) is 10.6. The van der Waals surface area contributed by atoms with E-state index in [1.807, 2.05) is 24.3 Å². The predicted octanol–water partition coefficient (Wildman–Crippen LogP) is 1.65. The van der Waals surface area contributed by atoms with Crippen LogP contribution in [0.4, 0.5) is 0 Å². The van der Waals surface area contributed by atoms with E-state index in [1.54, 1.807) is 0 Å². The molecule has 0 aromatic heterocycles. The molecule has 2 unspecified atom stereocenters. The zero-order valence-electron chi connectivity index (χ0n) is 9.05. The Morgan fingerprint density at radius 1 is 1.62 bits per heavy atom. The molecule has 0 radical (unpaired) electrons. The summed E-state index contributed by atoms with van der Waals surface area (Å²) in [6.07, 6.45) is -0.771. The molecule has 0 spiro atoms. The molecule has 1 aromatic carbocycles. The molecule has 1 heterocycles. The zero-order chi connectivity index (χ0) is 11.5. The van der Waals surface area contributed by atoms with Crippen molar-refractivity contribution in [3.63, 3.8) is 0 Å². The summed E-state index contributed by atoms with van der Waals surface area (Å²) in [5.74, 6) is 0.0734. The Labute approximate surface area is 93.8 Å². The van der Waals surface area contributed by atoms with Crippen LogP contribution in [0.3, 0.4) is 0 Å². The first kappa shape index (κ1) is 11.0. The second-order valence-corrected chi connectivity index (χ2v) is 3.86. The number of para-hydroxylation sites is 1. The number of ether oxygens (including phenoxy) is 2. The van der Waals surface area contributed by atoms with E-state index in [4.69, 9.17) is 14.6 Å². The van der Waals surface area contributed by atoms with Crippen molar-refractivity contribution in [1.82, 2.24) is 0 Å². The van der Waals surface area contributed by atoms with Gasteiger partial charge in [-0.2, -0.15) is 0 Å². The van der Waals surface area contributed by atoms with Crippen molar-refractivity contribution in [2.24, 2.45) is 0 Å². The molecule has 0 saturated carbocycles. The zero-order valence-corrected chi connectivity index (χ0v) is 9.05. The van der Waals surface area contributed by atoms with E-state index in [0.29, 0.717) is 13.2 Å². The van der Waals surface area contributed by atoms with Gasteiger partial charge in [0.15, 0.2) is 6.10 Å². The number of aliphatic carboxylic acids is 1. The topological polar surface area (TPSA) is 55.8 Å². The first-order valence-electron chi connectivity index (χ1n) is 5.24. The number of hydrogen-bond donors (Lipinski definition) is 1. The van der Waals surface area contributed by atoms with Crippen LogP contribution in [0, 0.1) is 0 Å². The van der Waals surface area contributed by atoms with Crippen molar-refractivity contribution in [2.75, 3.05) is 13.2 Å². The van der Waals surface area contributed by atoms with Crippen LogP contribution in [0.5, 0.6) is 5.75 Å². The van der Waals surface area contributed by atoms with Gasteiger partial charge in [0.2, 0.25) is 0 Å². The van der Waals surface area contributed by atoms with E-state index in [2.05, 4.69) is 0 Å². The fourth-order valence-electron chi connectivity index (χ4n) is 1.70. The number of carbonyl (C=O) groups is 1. The minimum Gasteiger partial charge on any atom is -0.493 e. The van der Waals surface area contributed by atoms with E-state index < -0.39 is 12.1 Å². The number of rotatable bonds is 4. The molecule has 0 aliphatic carbocycles. The third kappa shape index (κ3) is 2.17. The average Bonchev–Trinajstić information content (AvgIpc) is 2.69. The van der Waals surface area contributed by atoms with Crippen LogP contribution in [-0.4, -0.2) is 30.4 Å². The molecule has 0 amide bonds. The molecule has 0 bridgehead atoms. The summed E-state index contributed by atoms with van der Waals surface area (Å²) >= 11 is 0. The lowest BCUT2D eigenvalue weighted by molar-refractivity contribution is -0.149. The van der Waals surface area contributed by atoms with Crippen molar-refractivity contribution in [1.29, 1.82) is 0 Å².